The van der Waals surface area contributed by atoms with E-state index >= 15 is 0 Å². The van der Waals surface area contributed by atoms with Crippen molar-refractivity contribution in [2.45, 2.75) is 18.6 Å². The largest absolute Gasteiger partial charge is 0.416 e. The molecule has 0 saturated carbocycles. The molecule has 8 heteroatoms. The van der Waals surface area contributed by atoms with Crippen LogP contribution in [0.3, 0.4) is 0 Å². The average molecular weight is 422 g/mol. The number of H-pyrrole nitrogens is 1. The van der Waals surface area contributed by atoms with Crippen molar-refractivity contribution < 1.29 is 18.0 Å². The number of nitrogens with one attached hydrogen (secondary N) is 1. The molecule has 4 aromatic rings. The Morgan fingerprint density at radius 2 is 1.94 bits per heavy atom. The summed E-state index contributed by atoms with van der Waals surface area (Å²) in [6, 6.07) is 12.2. The minimum atomic E-state index is -4.48. The highest BCUT2D eigenvalue weighted by molar-refractivity contribution is 5.93. The van der Waals surface area contributed by atoms with Gasteiger partial charge in [-0.1, -0.05) is 30.3 Å². The molecule has 0 radical (unpaired) electrons. The van der Waals surface area contributed by atoms with Crippen molar-refractivity contribution in [3.05, 3.63) is 95.2 Å². The number of aromatic nitrogens is 3. The molecule has 1 N–H and O–H groups in total. The van der Waals surface area contributed by atoms with Crippen molar-refractivity contribution in [1.82, 2.24) is 19.9 Å². The van der Waals surface area contributed by atoms with Gasteiger partial charge < -0.3 is 9.88 Å². The van der Waals surface area contributed by atoms with E-state index in [1.807, 2.05) is 24.3 Å². The number of benzene rings is 2. The third-order valence-electron chi connectivity index (χ3n) is 5.61. The van der Waals surface area contributed by atoms with Crippen LogP contribution in [0.2, 0.25) is 0 Å². The van der Waals surface area contributed by atoms with Crippen LogP contribution >= 0.6 is 0 Å². The fourth-order valence-corrected chi connectivity index (χ4v) is 4.25. The first-order chi connectivity index (χ1) is 14.9. The average Bonchev–Trinajstić information content (AvgIpc) is 3.17. The molecule has 0 saturated heterocycles. The van der Waals surface area contributed by atoms with E-state index in [1.54, 1.807) is 11.0 Å². The number of aromatic amines is 1. The number of para-hydroxylation sites is 1. The standard InChI is InChI=1S/C23H17F3N4O/c24-23(25,26)15-5-3-4-14(12-15)21-20-17(16-6-1-2-7-18(16)29-20)8-11-30(21)22(31)19-13-27-9-10-28-19/h1-7,9-10,12-13,21,29H,8,11H2/t21-/m0/s1. The van der Waals surface area contributed by atoms with Gasteiger partial charge in [0.1, 0.15) is 5.69 Å². The van der Waals surface area contributed by atoms with Crippen LogP contribution in [0.4, 0.5) is 13.2 Å². The zero-order valence-electron chi connectivity index (χ0n) is 16.2. The highest BCUT2D eigenvalue weighted by atomic mass is 19.4. The molecule has 1 amide bonds. The second kappa shape index (κ2) is 7.23. The van der Waals surface area contributed by atoms with Crippen LogP contribution in [0.5, 0.6) is 0 Å². The molecule has 0 bridgehead atoms. The summed E-state index contributed by atoms with van der Waals surface area (Å²) in [4.78, 5) is 26.2. The van der Waals surface area contributed by atoms with Gasteiger partial charge in [-0.3, -0.25) is 9.78 Å². The predicted molar refractivity (Wildman–Crippen MR) is 108 cm³/mol. The van der Waals surface area contributed by atoms with Crippen molar-refractivity contribution in [1.29, 1.82) is 0 Å². The van der Waals surface area contributed by atoms with Crippen molar-refractivity contribution in [2.24, 2.45) is 0 Å². The number of nitrogens with zero attached hydrogens (tertiary/aromatic N) is 3. The summed E-state index contributed by atoms with van der Waals surface area (Å²) < 4.78 is 40.2. The molecule has 0 spiro atoms. The van der Waals surface area contributed by atoms with E-state index in [-0.39, 0.29) is 11.6 Å². The minimum Gasteiger partial charge on any atom is -0.356 e. The van der Waals surface area contributed by atoms with Crippen LogP contribution in [0.25, 0.3) is 10.9 Å². The molecule has 2 aromatic carbocycles. The molecule has 0 aliphatic carbocycles. The quantitative estimate of drug-likeness (QED) is 0.507. The first kappa shape index (κ1) is 19.3. The van der Waals surface area contributed by atoms with Gasteiger partial charge in [-0.2, -0.15) is 13.2 Å². The van der Waals surface area contributed by atoms with Gasteiger partial charge in [0.2, 0.25) is 0 Å². The number of carbonyl (C=O) groups excluding carboxylic acids is 1. The van der Waals surface area contributed by atoms with Gasteiger partial charge in [0, 0.05) is 35.5 Å². The fraction of sp³-hybridized carbons (Fsp3) is 0.174. The molecule has 3 heterocycles. The lowest BCUT2D eigenvalue weighted by molar-refractivity contribution is -0.137. The van der Waals surface area contributed by atoms with E-state index in [4.69, 9.17) is 0 Å². The van der Waals surface area contributed by atoms with Gasteiger partial charge in [-0.05, 0) is 35.7 Å². The molecule has 1 aliphatic heterocycles. The van der Waals surface area contributed by atoms with Gasteiger partial charge in [0.25, 0.3) is 5.91 Å². The number of fused-ring (bicyclic) bond motifs is 3. The molecule has 5 rings (SSSR count). The molecule has 31 heavy (non-hydrogen) atoms. The number of rotatable bonds is 2. The maximum absolute atomic E-state index is 13.4. The number of hydrogen-bond acceptors (Lipinski definition) is 3. The predicted octanol–water partition coefficient (Wildman–Crippen LogP) is 4.76. The highest BCUT2D eigenvalue weighted by Crippen LogP contribution is 2.40. The Kier molecular flexibility index (Phi) is 4.50. The lowest BCUT2D eigenvalue weighted by atomic mass is 9.91. The SMILES string of the molecule is O=C(c1cnccn1)N1CCc2c([nH]c3ccccc23)[C@@H]1c1cccc(C(F)(F)F)c1. The topological polar surface area (TPSA) is 61.9 Å². The third-order valence-corrected chi connectivity index (χ3v) is 5.61. The first-order valence-corrected chi connectivity index (χ1v) is 9.77. The monoisotopic (exact) mass is 422 g/mol. The molecule has 1 atom stereocenters. The van der Waals surface area contributed by atoms with Gasteiger partial charge in [0.05, 0.1) is 17.8 Å². The Morgan fingerprint density at radius 3 is 2.71 bits per heavy atom. The molecular formula is C23H17F3N4O. The molecule has 5 nitrogen and oxygen atoms in total. The number of carbonyl (C=O) groups is 1. The summed E-state index contributed by atoms with van der Waals surface area (Å²) in [5, 5.41) is 1.01. The molecular weight excluding hydrogens is 405 g/mol. The maximum Gasteiger partial charge on any atom is 0.416 e. The summed E-state index contributed by atoms with van der Waals surface area (Å²) in [5.41, 5.74) is 2.42. The first-order valence-electron chi connectivity index (χ1n) is 9.77. The van der Waals surface area contributed by atoms with E-state index < -0.39 is 17.8 Å². The van der Waals surface area contributed by atoms with Crippen molar-refractivity contribution in [3.63, 3.8) is 0 Å². The number of hydrogen-bond donors (Lipinski definition) is 1. The Morgan fingerprint density at radius 1 is 1.10 bits per heavy atom. The summed E-state index contributed by atoms with van der Waals surface area (Å²) in [7, 11) is 0. The van der Waals surface area contributed by atoms with Gasteiger partial charge >= 0.3 is 6.18 Å². The lowest BCUT2D eigenvalue weighted by Crippen LogP contribution is -2.41. The number of amides is 1. The van der Waals surface area contributed by atoms with Crippen LogP contribution in [0.1, 0.15) is 38.9 Å². The summed E-state index contributed by atoms with van der Waals surface area (Å²) in [6.07, 6.45) is 0.360. The Balaban J connectivity index is 1.69. The van der Waals surface area contributed by atoms with Gasteiger partial charge in [-0.25, -0.2) is 4.98 Å². The van der Waals surface area contributed by atoms with Crippen LogP contribution in [-0.2, 0) is 12.6 Å². The van der Waals surface area contributed by atoms with Gasteiger partial charge in [-0.15, -0.1) is 0 Å². The summed E-state index contributed by atoms with van der Waals surface area (Å²) >= 11 is 0. The molecule has 156 valence electrons. The van der Waals surface area contributed by atoms with Crippen LogP contribution in [0, 0.1) is 0 Å². The number of halogens is 3. The lowest BCUT2D eigenvalue weighted by Gasteiger charge is -2.36. The van der Waals surface area contributed by atoms with Crippen LogP contribution in [0.15, 0.2) is 67.1 Å². The van der Waals surface area contributed by atoms with E-state index in [0.29, 0.717) is 18.5 Å². The van der Waals surface area contributed by atoms with Crippen LogP contribution in [-0.4, -0.2) is 32.3 Å². The zero-order valence-corrected chi connectivity index (χ0v) is 16.2. The van der Waals surface area contributed by atoms with Crippen molar-refractivity contribution in [3.8, 4) is 0 Å². The minimum absolute atomic E-state index is 0.152. The van der Waals surface area contributed by atoms with E-state index in [2.05, 4.69) is 15.0 Å². The highest BCUT2D eigenvalue weighted by Gasteiger charge is 2.37. The Bertz CT molecular complexity index is 1270. The van der Waals surface area contributed by atoms with Crippen molar-refractivity contribution in [2.75, 3.05) is 6.54 Å². The molecule has 0 unspecified atom stereocenters. The third kappa shape index (κ3) is 3.34. The van der Waals surface area contributed by atoms with E-state index in [9.17, 15) is 18.0 Å². The van der Waals surface area contributed by atoms with Gasteiger partial charge in [0.15, 0.2) is 0 Å². The second-order valence-electron chi connectivity index (χ2n) is 7.43. The van der Waals surface area contributed by atoms with E-state index in [1.165, 1.54) is 24.7 Å². The molecule has 2 aromatic heterocycles. The number of alkyl halides is 3. The van der Waals surface area contributed by atoms with Crippen molar-refractivity contribution >= 4 is 16.8 Å². The Hall–Kier alpha value is -3.68. The zero-order chi connectivity index (χ0) is 21.6. The Labute approximate surface area is 175 Å². The fourth-order valence-electron chi connectivity index (χ4n) is 4.25. The van der Waals surface area contributed by atoms with E-state index in [0.717, 1.165) is 34.3 Å². The summed E-state index contributed by atoms with van der Waals surface area (Å²) in [5.74, 6) is -0.375. The normalized spacial score (nSPS) is 16.4. The smallest absolute Gasteiger partial charge is 0.356 e. The van der Waals surface area contributed by atoms with Crippen LogP contribution < -0.4 is 0 Å². The maximum atomic E-state index is 13.4. The second-order valence-corrected chi connectivity index (χ2v) is 7.43. The molecule has 0 fully saturated rings. The summed E-state index contributed by atoms with van der Waals surface area (Å²) in [6.45, 7) is 0.352. The molecule has 1 aliphatic rings.